The molecule has 3 rings (SSSR count). The van der Waals surface area contributed by atoms with Crippen molar-refractivity contribution >= 4 is 5.91 Å². The summed E-state index contributed by atoms with van der Waals surface area (Å²) in [5, 5.41) is 10.2. The Labute approximate surface area is 94.2 Å². The van der Waals surface area contributed by atoms with Crippen molar-refractivity contribution in [3.8, 4) is 0 Å². The van der Waals surface area contributed by atoms with Crippen LogP contribution < -0.4 is 5.32 Å². The number of aryl methyl sites for hydroxylation is 1. The lowest BCUT2D eigenvalue weighted by Crippen LogP contribution is -2.32. The van der Waals surface area contributed by atoms with Crippen LogP contribution in [0.2, 0.25) is 0 Å². The number of rotatable bonds is 1. The maximum atomic E-state index is 12.1. The summed E-state index contributed by atoms with van der Waals surface area (Å²) in [6.45, 7) is 5.76. The zero-order chi connectivity index (χ0) is 11.1. The Hall–Kier alpha value is -1.36. The topological polar surface area (TPSA) is 61.0 Å². The minimum Gasteiger partial charge on any atom is -0.337 e. The number of likely N-dealkylation sites (tertiary alicyclic amines) is 1. The van der Waals surface area contributed by atoms with Crippen LogP contribution in [0.3, 0.4) is 0 Å². The van der Waals surface area contributed by atoms with E-state index in [0.717, 1.165) is 31.9 Å². The van der Waals surface area contributed by atoms with Gasteiger partial charge in [0.25, 0.3) is 5.91 Å². The summed E-state index contributed by atoms with van der Waals surface area (Å²) in [5.41, 5.74) is 1.48. The van der Waals surface area contributed by atoms with Crippen LogP contribution in [0, 0.1) is 18.8 Å². The molecule has 0 unspecified atom stereocenters. The Kier molecular flexibility index (Phi) is 2.21. The van der Waals surface area contributed by atoms with E-state index in [-0.39, 0.29) is 5.91 Å². The van der Waals surface area contributed by atoms with E-state index >= 15 is 0 Å². The highest BCUT2D eigenvalue weighted by atomic mass is 16.2. The van der Waals surface area contributed by atoms with E-state index in [2.05, 4.69) is 15.5 Å². The number of carbonyl (C=O) groups is 1. The molecule has 1 aromatic heterocycles. The normalized spacial score (nSPS) is 28.4. The van der Waals surface area contributed by atoms with Gasteiger partial charge in [0.15, 0.2) is 0 Å². The highest BCUT2D eigenvalue weighted by molar-refractivity contribution is 5.92. The first-order valence-electron chi connectivity index (χ1n) is 5.76. The predicted octanol–water partition coefficient (Wildman–Crippen LogP) is 0.00952. The molecule has 86 valence electrons. The van der Waals surface area contributed by atoms with Crippen LogP contribution in [0.25, 0.3) is 0 Å². The largest absolute Gasteiger partial charge is 0.337 e. The summed E-state index contributed by atoms with van der Waals surface area (Å²) in [5.74, 6) is 1.35. The number of carbonyl (C=O) groups excluding carboxylic acids is 1. The fraction of sp³-hybridized carbons (Fsp3) is 0.636. The molecule has 1 amide bonds. The number of hydrogen-bond acceptors (Lipinski definition) is 3. The summed E-state index contributed by atoms with van der Waals surface area (Å²) < 4.78 is 0. The number of fused-ring (bicyclic) bond motifs is 1. The smallest absolute Gasteiger partial charge is 0.274 e. The molecule has 2 atom stereocenters. The van der Waals surface area contributed by atoms with Gasteiger partial charge in [-0.3, -0.25) is 9.89 Å². The third-order valence-corrected chi connectivity index (χ3v) is 3.60. The van der Waals surface area contributed by atoms with E-state index < -0.39 is 0 Å². The lowest BCUT2D eigenvalue weighted by molar-refractivity contribution is 0.0776. The molecule has 2 N–H and O–H groups in total. The third kappa shape index (κ3) is 1.51. The fourth-order valence-corrected chi connectivity index (χ4v) is 2.71. The zero-order valence-electron chi connectivity index (χ0n) is 9.36. The van der Waals surface area contributed by atoms with Crippen molar-refractivity contribution in [1.82, 2.24) is 20.4 Å². The van der Waals surface area contributed by atoms with E-state index in [1.54, 1.807) is 0 Å². The van der Waals surface area contributed by atoms with Crippen LogP contribution in [-0.2, 0) is 0 Å². The second-order valence-electron chi connectivity index (χ2n) is 4.82. The van der Waals surface area contributed by atoms with Gasteiger partial charge in [-0.15, -0.1) is 0 Å². The number of H-pyrrole nitrogens is 1. The lowest BCUT2D eigenvalue weighted by atomic mass is 10.0. The van der Waals surface area contributed by atoms with Crippen molar-refractivity contribution in [3.63, 3.8) is 0 Å². The van der Waals surface area contributed by atoms with Gasteiger partial charge < -0.3 is 10.2 Å². The van der Waals surface area contributed by atoms with Crippen molar-refractivity contribution < 1.29 is 4.79 Å². The average molecular weight is 220 g/mol. The monoisotopic (exact) mass is 220 g/mol. The molecule has 5 heteroatoms. The molecule has 16 heavy (non-hydrogen) atoms. The van der Waals surface area contributed by atoms with Crippen LogP contribution in [0.15, 0.2) is 6.07 Å². The quantitative estimate of drug-likeness (QED) is 0.701. The molecule has 0 bridgehead atoms. The molecule has 0 aliphatic carbocycles. The van der Waals surface area contributed by atoms with Crippen LogP contribution in [0.1, 0.15) is 16.2 Å². The highest BCUT2D eigenvalue weighted by Crippen LogP contribution is 2.27. The first-order valence-corrected chi connectivity index (χ1v) is 5.76. The van der Waals surface area contributed by atoms with Crippen molar-refractivity contribution in [3.05, 3.63) is 17.5 Å². The van der Waals surface area contributed by atoms with Gasteiger partial charge in [-0.25, -0.2) is 0 Å². The Morgan fingerprint density at radius 2 is 2.12 bits per heavy atom. The molecule has 0 aromatic carbocycles. The van der Waals surface area contributed by atoms with Crippen molar-refractivity contribution in [2.24, 2.45) is 11.8 Å². The Balaban J connectivity index is 1.73. The van der Waals surface area contributed by atoms with E-state index in [0.29, 0.717) is 17.5 Å². The van der Waals surface area contributed by atoms with Gasteiger partial charge in [-0.1, -0.05) is 0 Å². The van der Waals surface area contributed by atoms with Gasteiger partial charge in [-0.2, -0.15) is 5.10 Å². The van der Waals surface area contributed by atoms with E-state index in [4.69, 9.17) is 0 Å². The Bertz CT molecular complexity index is 402. The third-order valence-electron chi connectivity index (χ3n) is 3.60. The number of aromatic amines is 1. The van der Waals surface area contributed by atoms with Gasteiger partial charge in [0.2, 0.25) is 0 Å². The zero-order valence-corrected chi connectivity index (χ0v) is 9.36. The van der Waals surface area contributed by atoms with E-state index in [1.807, 2.05) is 17.9 Å². The second kappa shape index (κ2) is 3.59. The fourth-order valence-electron chi connectivity index (χ4n) is 2.71. The highest BCUT2D eigenvalue weighted by Gasteiger charge is 2.38. The number of amides is 1. The number of nitrogens with zero attached hydrogens (tertiary/aromatic N) is 2. The molecule has 0 spiro atoms. The minimum atomic E-state index is 0.0683. The summed E-state index contributed by atoms with van der Waals surface area (Å²) in [6, 6.07) is 1.81. The summed E-state index contributed by atoms with van der Waals surface area (Å²) in [6.07, 6.45) is 0. The van der Waals surface area contributed by atoms with Crippen LogP contribution in [-0.4, -0.2) is 47.2 Å². The van der Waals surface area contributed by atoms with Crippen molar-refractivity contribution in [2.75, 3.05) is 26.2 Å². The van der Waals surface area contributed by atoms with Gasteiger partial charge in [0, 0.05) is 31.9 Å². The summed E-state index contributed by atoms with van der Waals surface area (Å²) in [7, 11) is 0. The number of aromatic nitrogens is 2. The van der Waals surface area contributed by atoms with Crippen molar-refractivity contribution in [1.29, 1.82) is 0 Å². The molecule has 3 heterocycles. The van der Waals surface area contributed by atoms with Crippen LogP contribution in [0.5, 0.6) is 0 Å². The SMILES string of the molecule is Cc1cc(C(=O)N2C[C@H]3CNC[C@H]3C2)n[nH]1. The van der Waals surface area contributed by atoms with Gasteiger partial charge >= 0.3 is 0 Å². The molecular weight excluding hydrogens is 204 g/mol. The van der Waals surface area contributed by atoms with Gasteiger partial charge in [-0.05, 0) is 24.8 Å². The molecule has 0 saturated carbocycles. The molecular formula is C11H16N4O. The average Bonchev–Trinajstić information content (AvgIpc) is 2.89. The lowest BCUT2D eigenvalue weighted by Gasteiger charge is -2.15. The molecule has 5 nitrogen and oxygen atoms in total. The maximum absolute atomic E-state index is 12.1. The molecule has 2 fully saturated rings. The molecule has 0 radical (unpaired) electrons. The number of nitrogens with one attached hydrogen (secondary N) is 2. The Morgan fingerprint density at radius 1 is 1.44 bits per heavy atom. The number of hydrogen-bond donors (Lipinski definition) is 2. The van der Waals surface area contributed by atoms with Crippen LogP contribution in [0.4, 0.5) is 0 Å². The van der Waals surface area contributed by atoms with Gasteiger partial charge in [0.05, 0.1) is 0 Å². The predicted molar refractivity (Wildman–Crippen MR) is 59.1 cm³/mol. The molecule has 1 aromatic rings. The summed E-state index contributed by atoms with van der Waals surface area (Å²) in [4.78, 5) is 14.1. The molecule has 2 aliphatic rings. The van der Waals surface area contributed by atoms with Gasteiger partial charge in [0.1, 0.15) is 5.69 Å². The second-order valence-corrected chi connectivity index (χ2v) is 4.82. The maximum Gasteiger partial charge on any atom is 0.274 e. The van der Waals surface area contributed by atoms with E-state index in [9.17, 15) is 4.79 Å². The molecule has 2 saturated heterocycles. The summed E-state index contributed by atoms with van der Waals surface area (Å²) >= 11 is 0. The van der Waals surface area contributed by atoms with Crippen LogP contribution >= 0.6 is 0 Å². The van der Waals surface area contributed by atoms with Crippen molar-refractivity contribution in [2.45, 2.75) is 6.92 Å². The van der Waals surface area contributed by atoms with E-state index in [1.165, 1.54) is 0 Å². The molecule has 2 aliphatic heterocycles. The minimum absolute atomic E-state index is 0.0683. The first kappa shape index (κ1) is 9.84. The Morgan fingerprint density at radius 3 is 2.69 bits per heavy atom. The first-order chi connectivity index (χ1) is 7.74. The standard InChI is InChI=1S/C11H16N4O/c1-7-2-10(14-13-7)11(16)15-5-8-3-12-4-9(8)6-15/h2,8-9,12H,3-6H2,1H3,(H,13,14)/t8-,9+.